The summed E-state index contributed by atoms with van der Waals surface area (Å²) in [5.74, 6) is 0. The van der Waals surface area contributed by atoms with Gasteiger partial charge in [-0.3, -0.25) is 0 Å². The van der Waals surface area contributed by atoms with Gasteiger partial charge < -0.3 is 13.8 Å². The van der Waals surface area contributed by atoms with Crippen molar-refractivity contribution in [3.63, 3.8) is 0 Å². The third-order valence-electron chi connectivity index (χ3n) is 4.65. The minimum atomic E-state index is 0. The Morgan fingerprint density at radius 3 is 1.07 bits per heavy atom. The van der Waals surface area contributed by atoms with Crippen LogP contribution in [0.1, 0.15) is 116 Å². The predicted octanol–water partition coefficient (Wildman–Crippen LogP) is 10.1. The van der Waals surface area contributed by atoms with Gasteiger partial charge in [0.05, 0.1) is 0 Å². The van der Waals surface area contributed by atoms with Crippen LogP contribution in [0.4, 0.5) is 0 Å². The van der Waals surface area contributed by atoms with E-state index in [1.807, 2.05) is 12.2 Å². The SMILES string of the molecule is C1=C\CC/C=C\CC/1.C=CCCCCCCC[CH2-].C=CCCCCCCC[CH2-].[Pt+2]. The molecule has 0 amide bonds. The van der Waals surface area contributed by atoms with Gasteiger partial charge in [-0.25, -0.2) is 0 Å². The second kappa shape index (κ2) is 35.1. The molecule has 1 aliphatic rings. The molecule has 0 aromatic carbocycles. The Hall–Kier alpha value is -0.352. The minimum absolute atomic E-state index is 0. The zero-order valence-electron chi connectivity index (χ0n) is 19.3. The Balaban J connectivity index is -0.000000345. The Labute approximate surface area is 199 Å². The van der Waals surface area contributed by atoms with Crippen LogP contribution >= 0.6 is 0 Å². The second-order valence-electron chi connectivity index (χ2n) is 7.49. The number of unbranched alkanes of at least 4 members (excludes halogenated alkanes) is 12. The van der Waals surface area contributed by atoms with E-state index in [1.54, 1.807) is 0 Å². The van der Waals surface area contributed by atoms with Crippen LogP contribution in [0.3, 0.4) is 0 Å². The Kier molecular flexibility index (Phi) is 40.3. The molecule has 0 fully saturated rings. The summed E-state index contributed by atoms with van der Waals surface area (Å²) in [6, 6.07) is 0. The standard InChI is InChI=1S/2C10H19.C8H12.Pt/c2*1-3-5-7-9-10-8-6-4-2;1-2-4-6-8-7-5-3-1;/h2*3H,1-2,4-10H2;1-2,7-8H,3-6H2;/q2*-1;;+2/b;;2-1-,8-7-;. The summed E-state index contributed by atoms with van der Waals surface area (Å²) in [6.45, 7) is 15.0. The van der Waals surface area contributed by atoms with E-state index in [1.165, 1.54) is 103 Å². The van der Waals surface area contributed by atoms with Crippen molar-refractivity contribution in [3.8, 4) is 0 Å². The summed E-state index contributed by atoms with van der Waals surface area (Å²) in [5.41, 5.74) is 0. The first-order chi connectivity index (χ1) is 13.8. The summed E-state index contributed by atoms with van der Waals surface area (Å²) >= 11 is 0. The monoisotopic (exact) mass is 581 g/mol. The third kappa shape index (κ3) is 38.8. The Bertz CT molecular complexity index is 294. The molecule has 0 N–H and O–H groups in total. The molecular weight excluding hydrogens is 531 g/mol. The van der Waals surface area contributed by atoms with E-state index in [9.17, 15) is 0 Å². The van der Waals surface area contributed by atoms with E-state index in [0.717, 1.165) is 12.8 Å². The fraction of sp³-hybridized carbons (Fsp3) is 0.643. The van der Waals surface area contributed by atoms with Crippen molar-refractivity contribution >= 4 is 0 Å². The van der Waals surface area contributed by atoms with Crippen LogP contribution in [0.25, 0.3) is 0 Å². The van der Waals surface area contributed by atoms with Crippen molar-refractivity contribution < 1.29 is 21.1 Å². The van der Waals surface area contributed by atoms with Crippen LogP contribution in [0, 0.1) is 13.8 Å². The largest absolute Gasteiger partial charge is 2.00 e. The predicted molar refractivity (Wildman–Crippen MR) is 132 cm³/mol. The average Bonchev–Trinajstić information content (AvgIpc) is 2.68. The fourth-order valence-corrected chi connectivity index (χ4v) is 2.85. The Morgan fingerprint density at radius 1 is 0.517 bits per heavy atom. The minimum Gasteiger partial charge on any atom is -0.343 e. The first kappa shape index (κ1) is 33.3. The van der Waals surface area contributed by atoms with Gasteiger partial charge in [0.1, 0.15) is 0 Å². The maximum atomic E-state index is 3.80. The van der Waals surface area contributed by atoms with Crippen molar-refractivity contribution in [2.24, 2.45) is 0 Å². The van der Waals surface area contributed by atoms with E-state index in [0.29, 0.717) is 0 Å². The van der Waals surface area contributed by atoms with E-state index in [-0.39, 0.29) is 21.1 Å². The second-order valence-corrected chi connectivity index (χ2v) is 7.49. The van der Waals surface area contributed by atoms with Crippen molar-refractivity contribution in [1.29, 1.82) is 0 Å². The normalized spacial score (nSPS) is 14.4. The zero-order valence-corrected chi connectivity index (χ0v) is 21.6. The van der Waals surface area contributed by atoms with Crippen LogP contribution in [0.15, 0.2) is 49.6 Å². The summed E-state index contributed by atoms with van der Waals surface area (Å²) in [5, 5.41) is 0. The first-order valence-electron chi connectivity index (χ1n) is 11.9. The quantitative estimate of drug-likeness (QED) is 0.109. The van der Waals surface area contributed by atoms with Gasteiger partial charge in [-0.05, 0) is 51.4 Å². The molecule has 0 nitrogen and oxygen atoms in total. The Morgan fingerprint density at radius 2 is 0.793 bits per heavy atom. The number of hydrogen-bond donors (Lipinski definition) is 0. The number of rotatable bonds is 14. The first-order valence-corrected chi connectivity index (χ1v) is 11.9. The molecule has 0 heterocycles. The van der Waals surface area contributed by atoms with E-state index < -0.39 is 0 Å². The summed E-state index contributed by atoms with van der Waals surface area (Å²) in [6.07, 6.45) is 36.0. The maximum Gasteiger partial charge on any atom is 2.00 e. The van der Waals surface area contributed by atoms with Crippen molar-refractivity contribution in [3.05, 3.63) is 63.5 Å². The van der Waals surface area contributed by atoms with Crippen molar-refractivity contribution in [1.82, 2.24) is 0 Å². The van der Waals surface area contributed by atoms with Gasteiger partial charge in [-0.2, -0.15) is 12.8 Å². The molecule has 0 saturated carbocycles. The molecule has 1 rings (SSSR count). The molecule has 0 radical (unpaired) electrons. The summed E-state index contributed by atoms with van der Waals surface area (Å²) in [7, 11) is 0. The molecule has 0 aliphatic heterocycles. The molecule has 0 unspecified atom stereocenters. The molecule has 0 spiro atoms. The molecule has 0 aromatic heterocycles. The molecule has 0 saturated heterocycles. The van der Waals surface area contributed by atoms with E-state index >= 15 is 0 Å². The summed E-state index contributed by atoms with van der Waals surface area (Å²) < 4.78 is 0. The molecule has 172 valence electrons. The van der Waals surface area contributed by atoms with Crippen LogP contribution in [0.5, 0.6) is 0 Å². The molecular formula is C28H50Pt. The van der Waals surface area contributed by atoms with E-state index in [2.05, 4.69) is 51.3 Å². The molecule has 0 bridgehead atoms. The number of hydrogen-bond acceptors (Lipinski definition) is 0. The molecule has 29 heavy (non-hydrogen) atoms. The maximum absolute atomic E-state index is 3.80. The van der Waals surface area contributed by atoms with Gasteiger partial charge >= 0.3 is 21.1 Å². The topological polar surface area (TPSA) is 0 Å². The van der Waals surface area contributed by atoms with Gasteiger partial charge in [-0.15, -0.1) is 13.2 Å². The van der Waals surface area contributed by atoms with Crippen LogP contribution in [0.2, 0.25) is 0 Å². The van der Waals surface area contributed by atoms with Gasteiger partial charge in [-0.1, -0.05) is 87.8 Å². The van der Waals surface area contributed by atoms with Gasteiger partial charge in [0.15, 0.2) is 0 Å². The van der Waals surface area contributed by atoms with Gasteiger partial charge in [0.25, 0.3) is 0 Å². The molecule has 1 aliphatic carbocycles. The van der Waals surface area contributed by atoms with Crippen LogP contribution in [-0.4, -0.2) is 0 Å². The van der Waals surface area contributed by atoms with Crippen LogP contribution in [-0.2, 0) is 21.1 Å². The van der Waals surface area contributed by atoms with E-state index in [4.69, 9.17) is 0 Å². The van der Waals surface area contributed by atoms with Crippen molar-refractivity contribution in [2.75, 3.05) is 0 Å². The molecule has 0 atom stereocenters. The fourth-order valence-electron chi connectivity index (χ4n) is 2.85. The third-order valence-corrected chi connectivity index (χ3v) is 4.65. The number of allylic oxidation sites excluding steroid dienone is 6. The zero-order chi connectivity index (χ0) is 21.0. The summed E-state index contributed by atoms with van der Waals surface area (Å²) in [4.78, 5) is 0. The van der Waals surface area contributed by atoms with Gasteiger partial charge in [0.2, 0.25) is 0 Å². The molecule has 0 aromatic rings. The van der Waals surface area contributed by atoms with Crippen LogP contribution < -0.4 is 0 Å². The molecule has 1 heteroatoms. The average molecular weight is 582 g/mol. The van der Waals surface area contributed by atoms with Gasteiger partial charge in [0, 0.05) is 0 Å². The van der Waals surface area contributed by atoms with Crippen molar-refractivity contribution in [2.45, 2.75) is 116 Å². The smallest absolute Gasteiger partial charge is 0.343 e.